The van der Waals surface area contributed by atoms with E-state index in [1.807, 2.05) is 16.9 Å². The Kier molecular flexibility index (Phi) is 2.98. The number of nitrogens with zero attached hydrogens (tertiary/aromatic N) is 4. The van der Waals surface area contributed by atoms with E-state index in [1.165, 1.54) is 11.1 Å². The summed E-state index contributed by atoms with van der Waals surface area (Å²) in [6.45, 7) is 4.05. The smallest absolute Gasteiger partial charge is 0.0692 e. The van der Waals surface area contributed by atoms with Crippen molar-refractivity contribution >= 4 is 5.69 Å². The fourth-order valence-electron chi connectivity index (χ4n) is 2.45. The summed E-state index contributed by atoms with van der Waals surface area (Å²) in [5, 5.41) is 7.76. The first-order chi connectivity index (χ1) is 8.81. The molecule has 0 radical (unpaired) electrons. The van der Waals surface area contributed by atoms with Gasteiger partial charge in [0.15, 0.2) is 0 Å². The molecule has 0 saturated carbocycles. The van der Waals surface area contributed by atoms with E-state index in [9.17, 15) is 0 Å². The Balaban J connectivity index is 1.52. The van der Waals surface area contributed by atoms with Crippen molar-refractivity contribution < 1.29 is 0 Å². The van der Waals surface area contributed by atoms with Crippen LogP contribution in [0.2, 0.25) is 0 Å². The summed E-state index contributed by atoms with van der Waals surface area (Å²) in [6, 6.07) is 6.21. The zero-order valence-electron chi connectivity index (χ0n) is 10.3. The molecule has 0 saturated heterocycles. The minimum Gasteiger partial charge on any atom is -0.399 e. The van der Waals surface area contributed by atoms with Gasteiger partial charge in [-0.3, -0.25) is 9.58 Å². The van der Waals surface area contributed by atoms with Crippen LogP contribution >= 0.6 is 0 Å². The van der Waals surface area contributed by atoms with E-state index < -0.39 is 0 Å². The molecule has 0 spiro atoms. The molecule has 2 heterocycles. The van der Waals surface area contributed by atoms with Gasteiger partial charge in [0, 0.05) is 38.1 Å². The van der Waals surface area contributed by atoms with E-state index in [-0.39, 0.29) is 0 Å². The third kappa shape index (κ3) is 2.36. The summed E-state index contributed by atoms with van der Waals surface area (Å²) < 4.78 is 1.88. The van der Waals surface area contributed by atoms with Crippen molar-refractivity contribution in [2.75, 3.05) is 12.3 Å². The highest BCUT2D eigenvalue weighted by molar-refractivity contribution is 5.46. The first-order valence-corrected chi connectivity index (χ1v) is 6.25. The third-order valence-corrected chi connectivity index (χ3v) is 3.35. The van der Waals surface area contributed by atoms with E-state index in [1.54, 1.807) is 6.20 Å². The van der Waals surface area contributed by atoms with Crippen LogP contribution in [-0.4, -0.2) is 26.4 Å². The lowest BCUT2D eigenvalue weighted by atomic mass is 10.1. The van der Waals surface area contributed by atoms with E-state index in [0.717, 1.165) is 38.3 Å². The molecule has 1 aliphatic rings. The lowest BCUT2D eigenvalue weighted by Crippen LogP contribution is -2.19. The predicted molar refractivity (Wildman–Crippen MR) is 69.6 cm³/mol. The second kappa shape index (κ2) is 4.78. The quantitative estimate of drug-likeness (QED) is 0.821. The van der Waals surface area contributed by atoms with Crippen LogP contribution in [0, 0.1) is 0 Å². The maximum atomic E-state index is 5.80. The number of aryl methyl sites for hydroxylation is 1. The molecule has 18 heavy (non-hydrogen) atoms. The van der Waals surface area contributed by atoms with E-state index >= 15 is 0 Å². The van der Waals surface area contributed by atoms with Crippen molar-refractivity contribution in [2.24, 2.45) is 0 Å². The van der Waals surface area contributed by atoms with Crippen LogP contribution in [0.5, 0.6) is 0 Å². The van der Waals surface area contributed by atoms with Gasteiger partial charge in [-0.15, -0.1) is 5.10 Å². The number of aromatic nitrogens is 3. The number of anilines is 1. The summed E-state index contributed by atoms with van der Waals surface area (Å²) in [6.07, 6.45) is 4.71. The Hall–Kier alpha value is -1.88. The van der Waals surface area contributed by atoms with Gasteiger partial charge in [-0.2, -0.15) is 0 Å². The van der Waals surface area contributed by atoms with Crippen molar-refractivity contribution in [3.05, 3.63) is 41.7 Å². The number of benzene rings is 1. The van der Waals surface area contributed by atoms with Gasteiger partial charge in [-0.05, 0) is 29.7 Å². The molecule has 2 N–H and O–H groups in total. The summed E-state index contributed by atoms with van der Waals surface area (Å²) >= 11 is 0. The average molecular weight is 243 g/mol. The predicted octanol–water partition coefficient (Wildman–Crippen LogP) is 1.27. The highest BCUT2D eigenvalue weighted by atomic mass is 15.4. The van der Waals surface area contributed by atoms with Crippen LogP contribution in [0.25, 0.3) is 0 Å². The summed E-state index contributed by atoms with van der Waals surface area (Å²) in [5.74, 6) is 0. The zero-order chi connectivity index (χ0) is 12.4. The van der Waals surface area contributed by atoms with Crippen molar-refractivity contribution in [3.63, 3.8) is 0 Å². The minimum absolute atomic E-state index is 0.859. The fraction of sp³-hybridized carbons (Fsp3) is 0.385. The number of fused-ring (bicyclic) bond motifs is 1. The lowest BCUT2D eigenvalue weighted by molar-refractivity contribution is 0.272. The van der Waals surface area contributed by atoms with Crippen LogP contribution in [0.4, 0.5) is 5.69 Å². The second-order valence-electron chi connectivity index (χ2n) is 4.76. The van der Waals surface area contributed by atoms with Crippen LogP contribution in [-0.2, 0) is 19.6 Å². The molecule has 0 bridgehead atoms. The van der Waals surface area contributed by atoms with Crippen LogP contribution < -0.4 is 5.73 Å². The van der Waals surface area contributed by atoms with Crippen molar-refractivity contribution in [1.29, 1.82) is 0 Å². The largest absolute Gasteiger partial charge is 0.399 e. The average Bonchev–Trinajstić information content (AvgIpc) is 2.97. The number of hydrogen-bond acceptors (Lipinski definition) is 4. The molecule has 3 rings (SSSR count). The van der Waals surface area contributed by atoms with Gasteiger partial charge in [0.1, 0.15) is 0 Å². The zero-order valence-corrected chi connectivity index (χ0v) is 10.3. The van der Waals surface area contributed by atoms with Gasteiger partial charge in [0.05, 0.1) is 6.20 Å². The molecule has 1 aromatic carbocycles. The van der Waals surface area contributed by atoms with Crippen LogP contribution in [0.1, 0.15) is 17.5 Å². The highest BCUT2D eigenvalue weighted by Crippen LogP contribution is 2.24. The Morgan fingerprint density at radius 2 is 2.06 bits per heavy atom. The molecule has 0 fully saturated rings. The Morgan fingerprint density at radius 3 is 2.89 bits per heavy atom. The van der Waals surface area contributed by atoms with Crippen molar-refractivity contribution in [3.8, 4) is 0 Å². The van der Waals surface area contributed by atoms with Crippen LogP contribution in [0.15, 0.2) is 30.6 Å². The monoisotopic (exact) mass is 243 g/mol. The SMILES string of the molecule is Nc1ccc2c(c1)CN(CCCn1ccnn1)C2. The molecule has 5 nitrogen and oxygen atoms in total. The summed E-state index contributed by atoms with van der Waals surface area (Å²) in [4.78, 5) is 2.45. The molecular formula is C13H17N5. The molecular weight excluding hydrogens is 226 g/mol. The first-order valence-electron chi connectivity index (χ1n) is 6.25. The highest BCUT2D eigenvalue weighted by Gasteiger charge is 2.18. The topological polar surface area (TPSA) is 60.0 Å². The Bertz CT molecular complexity index is 520. The normalized spacial score (nSPS) is 14.9. The maximum Gasteiger partial charge on any atom is 0.0692 e. The molecule has 1 aromatic heterocycles. The summed E-state index contributed by atoms with van der Waals surface area (Å²) in [7, 11) is 0. The molecule has 0 atom stereocenters. The van der Waals surface area contributed by atoms with E-state index in [4.69, 9.17) is 5.73 Å². The van der Waals surface area contributed by atoms with E-state index in [2.05, 4.69) is 27.3 Å². The minimum atomic E-state index is 0.859. The van der Waals surface area contributed by atoms with Crippen molar-refractivity contribution in [2.45, 2.75) is 26.1 Å². The first kappa shape index (κ1) is 11.2. The number of nitrogen functional groups attached to an aromatic ring is 1. The number of hydrogen-bond donors (Lipinski definition) is 1. The molecule has 5 heteroatoms. The standard InChI is InChI=1S/C13H17N5/c14-13-3-2-11-9-17(10-12(11)8-13)5-1-6-18-7-4-15-16-18/h2-4,7-8H,1,5-6,9-10,14H2. The van der Waals surface area contributed by atoms with Gasteiger partial charge < -0.3 is 5.73 Å². The van der Waals surface area contributed by atoms with Crippen LogP contribution in [0.3, 0.4) is 0 Å². The maximum absolute atomic E-state index is 5.80. The summed E-state index contributed by atoms with van der Waals surface area (Å²) in [5.41, 5.74) is 9.44. The third-order valence-electron chi connectivity index (χ3n) is 3.35. The van der Waals surface area contributed by atoms with Crippen molar-refractivity contribution in [1.82, 2.24) is 19.9 Å². The van der Waals surface area contributed by atoms with Gasteiger partial charge in [-0.25, -0.2) is 0 Å². The Labute approximate surface area is 106 Å². The number of nitrogens with two attached hydrogens (primary N) is 1. The molecule has 2 aromatic rings. The van der Waals surface area contributed by atoms with E-state index in [0.29, 0.717) is 0 Å². The Morgan fingerprint density at radius 1 is 1.17 bits per heavy atom. The lowest BCUT2D eigenvalue weighted by Gasteiger charge is -2.14. The molecule has 0 aliphatic carbocycles. The molecule has 1 aliphatic heterocycles. The molecule has 0 unspecified atom stereocenters. The van der Waals surface area contributed by atoms with Gasteiger partial charge in [0.2, 0.25) is 0 Å². The fourth-order valence-corrected chi connectivity index (χ4v) is 2.45. The number of rotatable bonds is 4. The molecule has 94 valence electrons. The molecule has 0 amide bonds. The van der Waals surface area contributed by atoms with Gasteiger partial charge in [0.25, 0.3) is 0 Å². The van der Waals surface area contributed by atoms with Gasteiger partial charge >= 0.3 is 0 Å². The second-order valence-corrected chi connectivity index (χ2v) is 4.76. The van der Waals surface area contributed by atoms with Gasteiger partial charge in [-0.1, -0.05) is 11.3 Å².